The summed E-state index contributed by atoms with van der Waals surface area (Å²) in [7, 11) is 0. The van der Waals surface area contributed by atoms with Crippen molar-refractivity contribution in [1.82, 2.24) is 9.97 Å². The van der Waals surface area contributed by atoms with Crippen LogP contribution in [0.1, 0.15) is 43.4 Å². The molecular formula is C48H44N2SiZr. The molecule has 254 valence electrons. The van der Waals surface area contributed by atoms with E-state index in [0.717, 1.165) is 0 Å². The van der Waals surface area contributed by atoms with E-state index in [1.807, 2.05) is 0 Å². The molecule has 2 unspecified atom stereocenters. The van der Waals surface area contributed by atoms with Gasteiger partial charge >= 0.3 is 309 Å². The summed E-state index contributed by atoms with van der Waals surface area (Å²) in [6.45, 7) is 10.2. The summed E-state index contributed by atoms with van der Waals surface area (Å²) < 4.78 is 6.67. The van der Waals surface area contributed by atoms with Crippen molar-refractivity contribution in [2.45, 2.75) is 43.5 Å². The van der Waals surface area contributed by atoms with Gasteiger partial charge in [0.1, 0.15) is 0 Å². The first-order valence-corrected chi connectivity index (χ1v) is 32.7. The molecule has 52 heavy (non-hydrogen) atoms. The van der Waals surface area contributed by atoms with Gasteiger partial charge < -0.3 is 0 Å². The maximum atomic E-state index is 3.80. The molecule has 2 N–H and O–H groups in total. The predicted molar refractivity (Wildman–Crippen MR) is 224 cm³/mol. The van der Waals surface area contributed by atoms with E-state index in [1.54, 1.807) is 22.3 Å². The molecule has 0 bridgehead atoms. The molecule has 2 heterocycles. The van der Waals surface area contributed by atoms with Gasteiger partial charge in [-0.15, -0.1) is 0 Å². The molecule has 2 aliphatic carbocycles. The summed E-state index contributed by atoms with van der Waals surface area (Å²) in [5, 5.41) is 5.18. The third-order valence-corrected chi connectivity index (χ3v) is 55.9. The second kappa shape index (κ2) is 11.3. The number of aromatic nitrogens is 2. The molecule has 2 aromatic heterocycles. The fourth-order valence-electron chi connectivity index (χ4n) is 10.9. The van der Waals surface area contributed by atoms with E-state index < -0.39 is 22.8 Å². The number of aromatic amines is 2. The van der Waals surface area contributed by atoms with Crippen LogP contribution in [0.4, 0.5) is 0 Å². The fourth-order valence-corrected chi connectivity index (χ4v) is 39.1. The number of allylic oxidation sites excluding steroid dienone is 2. The number of para-hydroxylation sites is 4. The number of hydrogen-bond donors (Lipinski definition) is 2. The summed E-state index contributed by atoms with van der Waals surface area (Å²) in [5.41, 5.74) is 18.6. The van der Waals surface area contributed by atoms with E-state index >= 15 is 0 Å². The van der Waals surface area contributed by atoms with Crippen LogP contribution in [-0.2, 0) is 17.4 Å². The van der Waals surface area contributed by atoms with Gasteiger partial charge in [-0.3, -0.25) is 0 Å². The number of rotatable bonds is 4. The third-order valence-electron chi connectivity index (χ3n) is 13.6. The summed E-state index contributed by atoms with van der Waals surface area (Å²) in [6, 6.07) is 45.4. The van der Waals surface area contributed by atoms with Crippen LogP contribution in [0.25, 0.3) is 78.0 Å². The summed E-state index contributed by atoms with van der Waals surface area (Å²) in [4.78, 5) is 7.60. The van der Waals surface area contributed by atoms with Crippen LogP contribution < -0.4 is 0 Å². The Morgan fingerprint density at radius 1 is 0.462 bits per heavy atom. The van der Waals surface area contributed by atoms with Crippen LogP contribution in [0, 0.1) is 0 Å². The molecule has 10 rings (SSSR count). The van der Waals surface area contributed by atoms with Crippen LogP contribution in [0.3, 0.4) is 0 Å². The molecule has 2 atom stereocenters. The van der Waals surface area contributed by atoms with Crippen LogP contribution in [0.15, 0.2) is 132 Å². The predicted octanol–water partition coefficient (Wildman–Crippen LogP) is 13.9. The summed E-state index contributed by atoms with van der Waals surface area (Å²) >= 11 is -3.84. The molecule has 0 aliphatic heterocycles. The molecule has 0 radical (unpaired) electrons. The van der Waals surface area contributed by atoms with Gasteiger partial charge in [-0.1, -0.05) is 0 Å². The summed E-state index contributed by atoms with van der Waals surface area (Å²) in [6.07, 6.45) is 5.15. The van der Waals surface area contributed by atoms with Gasteiger partial charge in [-0.2, -0.15) is 0 Å². The van der Waals surface area contributed by atoms with E-state index in [1.165, 1.54) is 77.0 Å². The van der Waals surface area contributed by atoms with Gasteiger partial charge in [-0.05, 0) is 0 Å². The standard InChI is InChI=1S/2C22H16N.C2H6Si.2CH3.Zr/c2*1-14-12-15-6-4-8-16(20(15)13-14)18-9-5-10-19-17-7-2-3-11-21(17)23-22(18)19;1-3-2;;;/h2*2-13,23H,1H3;1-2H3;2*1H3;. The molecule has 0 saturated heterocycles. The molecule has 0 spiro atoms. The zero-order valence-corrected chi connectivity index (χ0v) is 34.3. The second-order valence-electron chi connectivity index (χ2n) is 16.7. The average molecular weight is 768 g/mol. The average Bonchev–Trinajstić information content (AvgIpc) is 3.90. The number of benzene rings is 6. The molecule has 8 aromatic rings. The van der Waals surface area contributed by atoms with E-state index in [0.29, 0.717) is 7.25 Å². The number of H-pyrrole nitrogens is 2. The van der Waals surface area contributed by atoms with Crippen molar-refractivity contribution in [2.75, 3.05) is 0 Å². The molecule has 0 saturated carbocycles. The van der Waals surface area contributed by atoms with Gasteiger partial charge in [0.25, 0.3) is 0 Å². The van der Waals surface area contributed by atoms with Gasteiger partial charge in [0.05, 0.1) is 0 Å². The maximum absolute atomic E-state index is 3.84. The van der Waals surface area contributed by atoms with Crippen molar-refractivity contribution in [3.63, 3.8) is 0 Å². The van der Waals surface area contributed by atoms with Crippen molar-refractivity contribution >= 4 is 61.2 Å². The Kier molecular flexibility index (Phi) is 6.96. The van der Waals surface area contributed by atoms with Crippen LogP contribution >= 0.6 is 0 Å². The molecule has 0 fully saturated rings. The third kappa shape index (κ3) is 4.26. The summed E-state index contributed by atoms with van der Waals surface area (Å²) in [5.74, 6) is 0. The Bertz CT molecular complexity index is 2780. The Labute approximate surface area is 307 Å². The molecule has 6 aromatic carbocycles. The normalized spacial score (nSPS) is 17.2. The molecular weight excluding hydrogens is 724 g/mol. The van der Waals surface area contributed by atoms with E-state index in [2.05, 4.69) is 180 Å². The van der Waals surface area contributed by atoms with Crippen molar-refractivity contribution < 1.29 is 17.4 Å². The number of hydrogen-bond acceptors (Lipinski definition) is 0. The monoisotopic (exact) mass is 766 g/mol. The second-order valence-corrected chi connectivity index (χ2v) is 51.0. The molecule has 2 aliphatic rings. The van der Waals surface area contributed by atoms with Crippen LogP contribution in [0.5, 0.6) is 0 Å². The fraction of sp³-hybridized carbons (Fsp3) is 0.167. The molecule has 0 amide bonds. The first kappa shape index (κ1) is 32.2. The molecule has 4 heteroatoms. The van der Waals surface area contributed by atoms with E-state index in [-0.39, 0.29) is 0 Å². The molecule has 2 nitrogen and oxygen atoms in total. The first-order chi connectivity index (χ1) is 25.1. The number of nitrogens with one attached hydrogen (secondary N) is 2. The zero-order chi connectivity index (χ0) is 35.5. The Hall–Kier alpha value is -4.50. The topological polar surface area (TPSA) is 31.6 Å². The van der Waals surface area contributed by atoms with E-state index in [4.69, 9.17) is 0 Å². The van der Waals surface area contributed by atoms with Crippen molar-refractivity contribution in [3.05, 3.63) is 155 Å². The zero-order valence-electron chi connectivity index (χ0n) is 30.9. The SMILES string of the molecule is CC1=Cc2c(-c3cccc4c3[nH]c3ccccc34)cccc2[CH]1[Zr]([CH3])([CH3])([CH]1C(C)=Cc2c(-c3cccc4c3[nH]c3ccccc34)cccc21)=[Si](C)C. The Morgan fingerprint density at radius 3 is 1.29 bits per heavy atom. The van der Waals surface area contributed by atoms with Crippen LogP contribution in [-0.4, -0.2) is 15.4 Å². The minimum atomic E-state index is -3.84. The van der Waals surface area contributed by atoms with Crippen molar-refractivity contribution in [2.24, 2.45) is 0 Å². The number of fused-ring (bicyclic) bond motifs is 8. The van der Waals surface area contributed by atoms with Crippen molar-refractivity contribution in [1.29, 1.82) is 0 Å². The Balaban J connectivity index is 1.16. The van der Waals surface area contributed by atoms with Crippen LogP contribution in [0.2, 0.25) is 22.4 Å². The van der Waals surface area contributed by atoms with Gasteiger partial charge in [0, 0.05) is 0 Å². The Morgan fingerprint density at radius 2 is 0.846 bits per heavy atom. The first-order valence-electron chi connectivity index (χ1n) is 18.8. The van der Waals surface area contributed by atoms with Crippen molar-refractivity contribution in [3.8, 4) is 22.3 Å². The van der Waals surface area contributed by atoms with Gasteiger partial charge in [0.15, 0.2) is 0 Å². The minimum absolute atomic E-state index is 0.488. The van der Waals surface area contributed by atoms with Gasteiger partial charge in [-0.25, -0.2) is 0 Å². The quantitative estimate of drug-likeness (QED) is 0.167. The van der Waals surface area contributed by atoms with E-state index in [9.17, 15) is 0 Å². The van der Waals surface area contributed by atoms with Gasteiger partial charge in [0.2, 0.25) is 0 Å².